The maximum Gasteiger partial charge on any atom is 0.231 e. The minimum absolute atomic E-state index is 0.220. The van der Waals surface area contributed by atoms with E-state index in [4.69, 9.17) is 4.74 Å². The van der Waals surface area contributed by atoms with Crippen molar-refractivity contribution in [2.45, 2.75) is 25.3 Å². The molecule has 2 aliphatic rings. The SMILES string of the molecule is COc1ccc(C2CN(Cc3ccccc3)C(=O)C23CCCNC3)cc1. The van der Waals surface area contributed by atoms with Gasteiger partial charge in [0, 0.05) is 25.6 Å². The molecule has 1 amide bonds. The Labute approximate surface area is 155 Å². The van der Waals surface area contributed by atoms with Gasteiger partial charge in [0.2, 0.25) is 5.91 Å². The number of likely N-dealkylation sites (tertiary alicyclic amines) is 1. The molecule has 0 bridgehead atoms. The number of carbonyl (C=O) groups excluding carboxylic acids is 1. The first-order chi connectivity index (χ1) is 12.7. The molecule has 2 aromatic carbocycles. The van der Waals surface area contributed by atoms with E-state index in [1.807, 2.05) is 30.3 Å². The molecule has 0 radical (unpaired) electrons. The van der Waals surface area contributed by atoms with Crippen LogP contribution in [0.25, 0.3) is 0 Å². The second kappa shape index (κ2) is 7.12. The van der Waals surface area contributed by atoms with Gasteiger partial charge >= 0.3 is 0 Å². The highest BCUT2D eigenvalue weighted by Gasteiger charge is 2.54. The van der Waals surface area contributed by atoms with Crippen molar-refractivity contribution < 1.29 is 9.53 Å². The van der Waals surface area contributed by atoms with Gasteiger partial charge in [-0.25, -0.2) is 0 Å². The van der Waals surface area contributed by atoms with E-state index in [2.05, 4.69) is 34.5 Å². The number of amides is 1. The van der Waals surface area contributed by atoms with Crippen molar-refractivity contribution in [1.29, 1.82) is 0 Å². The predicted octanol–water partition coefficient (Wildman–Crippen LogP) is 3.19. The molecule has 2 saturated heterocycles. The van der Waals surface area contributed by atoms with Gasteiger partial charge in [0.25, 0.3) is 0 Å². The van der Waals surface area contributed by atoms with E-state index < -0.39 is 0 Å². The van der Waals surface area contributed by atoms with Crippen LogP contribution in [0.5, 0.6) is 5.75 Å². The summed E-state index contributed by atoms with van der Waals surface area (Å²) in [6.07, 6.45) is 2.01. The molecule has 2 fully saturated rings. The molecule has 0 aliphatic carbocycles. The van der Waals surface area contributed by atoms with Gasteiger partial charge in [-0.2, -0.15) is 0 Å². The van der Waals surface area contributed by atoms with Gasteiger partial charge in [-0.1, -0.05) is 42.5 Å². The Bertz CT molecular complexity index is 751. The molecule has 136 valence electrons. The van der Waals surface area contributed by atoms with Gasteiger partial charge in [0.05, 0.1) is 12.5 Å². The summed E-state index contributed by atoms with van der Waals surface area (Å²) in [6.45, 7) is 3.24. The quantitative estimate of drug-likeness (QED) is 0.921. The van der Waals surface area contributed by atoms with Crippen LogP contribution in [0.2, 0.25) is 0 Å². The molecule has 4 nitrogen and oxygen atoms in total. The number of benzene rings is 2. The second-order valence-corrected chi connectivity index (χ2v) is 7.43. The molecule has 1 N–H and O–H groups in total. The van der Waals surface area contributed by atoms with Gasteiger partial charge in [0.15, 0.2) is 0 Å². The highest BCUT2D eigenvalue weighted by atomic mass is 16.5. The fourth-order valence-corrected chi connectivity index (χ4v) is 4.55. The first kappa shape index (κ1) is 17.1. The molecule has 4 heteroatoms. The summed E-state index contributed by atoms with van der Waals surface area (Å²) >= 11 is 0. The molecule has 26 heavy (non-hydrogen) atoms. The van der Waals surface area contributed by atoms with Crippen molar-refractivity contribution in [3.8, 4) is 5.75 Å². The van der Waals surface area contributed by atoms with Crippen molar-refractivity contribution in [1.82, 2.24) is 10.2 Å². The third-order valence-corrected chi connectivity index (χ3v) is 5.93. The van der Waals surface area contributed by atoms with Crippen LogP contribution in [-0.4, -0.2) is 37.6 Å². The Balaban J connectivity index is 1.65. The van der Waals surface area contributed by atoms with Crippen LogP contribution in [0.15, 0.2) is 54.6 Å². The largest absolute Gasteiger partial charge is 0.497 e. The molecule has 1 spiro atoms. The van der Waals surface area contributed by atoms with Crippen LogP contribution >= 0.6 is 0 Å². The van der Waals surface area contributed by atoms with E-state index in [-0.39, 0.29) is 11.3 Å². The number of carbonyl (C=O) groups is 1. The van der Waals surface area contributed by atoms with Gasteiger partial charge in [0.1, 0.15) is 5.75 Å². The van der Waals surface area contributed by atoms with Crippen molar-refractivity contribution >= 4 is 5.91 Å². The summed E-state index contributed by atoms with van der Waals surface area (Å²) in [4.78, 5) is 15.5. The van der Waals surface area contributed by atoms with Crippen molar-refractivity contribution in [3.63, 3.8) is 0 Å². The zero-order chi connectivity index (χ0) is 18.0. The molecule has 4 rings (SSSR count). The number of hydrogen-bond acceptors (Lipinski definition) is 3. The Kier molecular flexibility index (Phi) is 4.68. The molecule has 2 aliphatic heterocycles. The Morgan fingerprint density at radius 2 is 1.92 bits per heavy atom. The number of rotatable bonds is 4. The number of ether oxygens (including phenoxy) is 1. The van der Waals surface area contributed by atoms with E-state index in [1.165, 1.54) is 11.1 Å². The molecule has 2 aromatic rings. The van der Waals surface area contributed by atoms with E-state index in [9.17, 15) is 4.79 Å². The van der Waals surface area contributed by atoms with Crippen LogP contribution in [0.3, 0.4) is 0 Å². The van der Waals surface area contributed by atoms with Crippen LogP contribution in [-0.2, 0) is 11.3 Å². The number of nitrogens with zero attached hydrogens (tertiary/aromatic N) is 1. The standard InChI is InChI=1S/C22H26N2O2/c1-26-19-10-8-18(9-11-19)20-15-24(14-17-6-3-2-4-7-17)21(25)22(20)12-5-13-23-16-22/h2-4,6-11,20,23H,5,12-16H2,1H3. The average molecular weight is 350 g/mol. The maximum absolute atomic E-state index is 13.5. The third-order valence-electron chi connectivity index (χ3n) is 5.93. The molecular weight excluding hydrogens is 324 g/mol. The van der Waals surface area contributed by atoms with Crippen LogP contribution < -0.4 is 10.1 Å². The molecule has 2 unspecified atom stereocenters. The highest BCUT2D eigenvalue weighted by molar-refractivity contribution is 5.87. The van der Waals surface area contributed by atoms with E-state index in [0.29, 0.717) is 12.5 Å². The lowest BCUT2D eigenvalue weighted by molar-refractivity contribution is -0.137. The van der Waals surface area contributed by atoms with E-state index in [0.717, 1.165) is 38.2 Å². The lowest BCUT2D eigenvalue weighted by Gasteiger charge is -2.37. The van der Waals surface area contributed by atoms with Crippen LogP contribution in [0, 0.1) is 5.41 Å². The van der Waals surface area contributed by atoms with Gasteiger partial charge in [-0.05, 0) is 42.6 Å². The summed E-state index contributed by atoms with van der Waals surface area (Å²) < 4.78 is 5.30. The Morgan fingerprint density at radius 3 is 2.58 bits per heavy atom. The number of nitrogens with one attached hydrogen (secondary N) is 1. The lowest BCUT2D eigenvalue weighted by Crippen LogP contribution is -2.47. The summed E-state index contributed by atoms with van der Waals surface area (Å²) in [5, 5.41) is 3.48. The van der Waals surface area contributed by atoms with E-state index >= 15 is 0 Å². The van der Waals surface area contributed by atoms with Crippen molar-refractivity contribution in [2.24, 2.45) is 5.41 Å². The van der Waals surface area contributed by atoms with Gasteiger partial charge in [-0.15, -0.1) is 0 Å². The fraction of sp³-hybridized carbons (Fsp3) is 0.409. The Morgan fingerprint density at radius 1 is 1.15 bits per heavy atom. The summed E-state index contributed by atoms with van der Waals surface area (Å²) in [5.41, 5.74) is 2.11. The molecule has 2 atom stereocenters. The number of piperidine rings is 1. The van der Waals surface area contributed by atoms with Crippen LogP contribution in [0.1, 0.15) is 29.9 Å². The smallest absolute Gasteiger partial charge is 0.231 e. The topological polar surface area (TPSA) is 41.6 Å². The first-order valence-electron chi connectivity index (χ1n) is 9.41. The second-order valence-electron chi connectivity index (χ2n) is 7.43. The zero-order valence-electron chi connectivity index (χ0n) is 15.3. The molecule has 0 saturated carbocycles. The minimum Gasteiger partial charge on any atom is -0.497 e. The van der Waals surface area contributed by atoms with Crippen molar-refractivity contribution in [2.75, 3.05) is 26.7 Å². The molecule has 0 aromatic heterocycles. The molecular formula is C22H26N2O2. The lowest BCUT2D eigenvalue weighted by atomic mass is 9.69. The van der Waals surface area contributed by atoms with Crippen molar-refractivity contribution in [3.05, 3.63) is 65.7 Å². The normalized spacial score (nSPS) is 25.7. The summed E-state index contributed by atoms with van der Waals surface area (Å²) in [5.74, 6) is 1.38. The fourth-order valence-electron chi connectivity index (χ4n) is 4.55. The first-order valence-corrected chi connectivity index (χ1v) is 9.41. The number of hydrogen-bond donors (Lipinski definition) is 1. The highest BCUT2D eigenvalue weighted by Crippen LogP contribution is 2.48. The Hall–Kier alpha value is -2.33. The third kappa shape index (κ3) is 2.99. The zero-order valence-corrected chi connectivity index (χ0v) is 15.3. The summed E-state index contributed by atoms with van der Waals surface area (Å²) in [6, 6.07) is 18.5. The number of methoxy groups -OCH3 is 1. The monoisotopic (exact) mass is 350 g/mol. The van der Waals surface area contributed by atoms with Gasteiger partial charge in [-0.3, -0.25) is 4.79 Å². The average Bonchev–Trinajstić information content (AvgIpc) is 2.95. The van der Waals surface area contributed by atoms with E-state index in [1.54, 1.807) is 7.11 Å². The minimum atomic E-state index is -0.318. The predicted molar refractivity (Wildman–Crippen MR) is 102 cm³/mol. The molecule has 2 heterocycles. The van der Waals surface area contributed by atoms with Gasteiger partial charge < -0.3 is 15.0 Å². The van der Waals surface area contributed by atoms with Crippen LogP contribution in [0.4, 0.5) is 0 Å². The maximum atomic E-state index is 13.5. The summed E-state index contributed by atoms with van der Waals surface area (Å²) in [7, 11) is 1.68.